The standard InChI is InChI=1S/C22H29N3O/c1-17(18-8-4-2-5-9-18)25-14-12-20(13-15-25)24-22(26)16-21(23)19-10-6-3-7-11-19/h2-11,17,20-21H,12-16,23H2,1H3,(H,24,26). The first kappa shape index (κ1) is 18.6. The van der Waals surface area contributed by atoms with Gasteiger partial charge < -0.3 is 11.1 Å². The molecular weight excluding hydrogens is 322 g/mol. The lowest BCUT2D eigenvalue weighted by Gasteiger charge is -2.36. The molecule has 2 unspecified atom stereocenters. The molecule has 3 N–H and O–H groups in total. The van der Waals surface area contributed by atoms with E-state index in [-0.39, 0.29) is 18.0 Å². The number of carbonyl (C=O) groups excluding carboxylic acids is 1. The van der Waals surface area contributed by atoms with Crippen LogP contribution in [0.15, 0.2) is 60.7 Å². The Kier molecular flexibility index (Phi) is 6.42. The lowest BCUT2D eigenvalue weighted by Crippen LogP contribution is -2.45. The maximum Gasteiger partial charge on any atom is 0.222 e. The van der Waals surface area contributed by atoms with Crippen molar-refractivity contribution in [1.29, 1.82) is 0 Å². The largest absolute Gasteiger partial charge is 0.353 e. The number of benzene rings is 2. The van der Waals surface area contributed by atoms with Crippen LogP contribution in [0, 0.1) is 0 Å². The van der Waals surface area contributed by atoms with Crippen molar-refractivity contribution in [2.45, 2.75) is 44.3 Å². The molecule has 2 aromatic rings. The highest BCUT2D eigenvalue weighted by Gasteiger charge is 2.24. The highest BCUT2D eigenvalue weighted by Crippen LogP contribution is 2.24. The van der Waals surface area contributed by atoms with Gasteiger partial charge in [0.2, 0.25) is 5.91 Å². The minimum Gasteiger partial charge on any atom is -0.353 e. The highest BCUT2D eigenvalue weighted by atomic mass is 16.1. The molecule has 1 saturated heterocycles. The maximum absolute atomic E-state index is 12.3. The van der Waals surface area contributed by atoms with Crippen LogP contribution in [0.3, 0.4) is 0 Å². The van der Waals surface area contributed by atoms with E-state index in [1.807, 2.05) is 30.3 Å². The number of rotatable bonds is 6. The number of nitrogens with two attached hydrogens (primary N) is 1. The zero-order valence-electron chi connectivity index (χ0n) is 15.5. The van der Waals surface area contributed by atoms with Crippen LogP contribution in [0.25, 0.3) is 0 Å². The Bertz CT molecular complexity index is 681. The molecular formula is C22H29N3O. The Balaban J connectivity index is 1.44. The van der Waals surface area contributed by atoms with Crippen LogP contribution < -0.4 is 11.1 Å². The SMILES string of the molecule is CC(c1ccccc1)N1CCC(NC(=O)CC(N)c2ccccc2)CC1. The summed E-state index contributed by atoms with van der Waals surface area (Å²) in [6, 6.07) is 20.9. The van der Waals surface area contributed by atoms with E-state index in [0.29, 0.717) is 12.5 Å². The summed E-state index contributed by atoms with van der Waals surface area (Å²) in [5, 5.41) is 3.17. The molecule has 1 aliphatic heterocycles. The van der Waals surface area contributed by atoms with E-state index in [9.17, 15) is 4.79 Å². The fourth-order valence-electron chi connectivity index (χ4n) is 3.68. The molecule has 1 amide bonds. The molecule has 1 fully saturated rings. The number of piperidine rings is 1. The predicted molar refractivity (Wildman–Crippen MR) is 106 cm³/mol. The summed E-state index contributed by atoms with van der Waals surface area (Å²) in [4.78, 5) is 14.8. The Morgan fingerprint density at radius 1 is 1.04 bits per heavy atom. The van der Waals surface area contributed by atoms with E-state index in [0.717, 1.165) is 31.5 Å². The summed E-state index contributed by atoms with van der Waals surface area (Å²) in [5.74, 6) is 0.0518. The van der Waals surface area contributed by atoms with E-state index < -0.39 is 0 Å². The Morgan fingerprint density at radius 2 is 1.58 bits per heavy atom. The highest BCUT2D eigenvalue weighted by molar-refractivity contribution is 5.77. The number of nitrogens with one attached hydrogen (secondary N) is 1. The molecule has 4 heteroatoms. The molecule has 1 heterocycles. The molecule has 0 aliphatic carbocycles. The zero-order chi connectivity index (χ0) is 18.4. The second-order valence-corrected chi connectivity index (χ2v) is 7.19. The van der Waals surface area contributed by atoms with Crippen LogP contribution in [-0.2, 0) is 4.79 Å². The number of carbonyl (C=O) groups is 1. The minimum absolute atomic E-state index is 0.0518. The third-order valence-electron chi connectivity index (χ3n) is 5.36. The first-order valence-electron chi connectivity index (χ1n) is 9.52. The molecule has 3 rings (SSSR count). The molecule has 4 nitrogen and oxygen atoms in total. The van der Waals surface area contributed by atoms with E-state index in [2.05, 4.69) is 47.5 Å². The van der Waals surface area contributed by atoms with Crippen molar-refractivity contribution in [3.63, 3.8) is 0 Å². The first-order chi connectivity index (χ1) is 12.6. The van der Waals surface area contributed by atoms with Gasteiger partial charge in [0.15, 0.2) is 0 Å². The molecule has 138 valence electrons. The van der Waals surface area contributed by atoms with E-state index in [4.69, 9.17) is 5.73 Å². The zero-order valence-corrected chi connectivity index (χ0v) is 15.5. The van der Waals surface area contributed by atoms with Crippen molar-refractivity contribution in [3.05, 3.63) is 71.8 Å². The van der Waals surface area contributed by atoms with Gasteiger partial charge in [0.25, 0.3) is 0 Å². The lowest BCUT2D eigenvalue weighted by atomic mass is 9.99. The summed E-state index contributed by atoms with van der Waals surface area (Å²) < 4.78 is 0. The maximum atomic E-state index is 12.3. The number of hydrogen-bond donors (Lipinski definition) is 2. The van der Waals surface area contributed by atoms with Gasteiger partial charge in [0.05, 0.1) is 0 Å². The smallest absolute Gasteiger partial charge is 0.222 e. The summed E-state index contributed by atoms with van der Waals surface area (Å²) in [5.41, 5.74) is 8.52. The van der Waals surface area contributed by atoms with Crippen LogP contribution in [0.1, 0.15) is 49.4 Å². The van der Waals surface area contributed by atoms with Crippen molar-refractivity contribution in [2.75, 3.05) is 13.1 Å². The monoisotopic (exact) mass is 351 g/mol. The van der Waals surface area contributed by atoms with Crippen LogP contribution in [0.4, 0.5) is 0 Å². The van der Waals surface area contributed by atoms with Gasteiger partial charge >= 0.3 is 0 Å². The molecule has 0 aromatic heterocycles. The normalized spacial score (nSPS) is 18.2. The number of amides is 1. The minimum atomic E-state index is -0.241. The van der Waals surface area contributed by atoms with Gasteiger partial charge in [-0.25, -0.2) is 0 Å². The predicted octanol–water partition coefficient (Wildman–Crippen LogP) is 3.42. The topological polar surface area (TPSA) is 58.4 Å². The van der Waals surface area contributed by atoms with Crippen molar-refractivity contribution in [1.82, 2.24) is 10.2 Å². The molecule has 2 atom stereocenters. The number of likely N-dealkylation sites (tertiary alicyclic amines) is 1. The van der Waals surface area contributed by atoms with Gasteiger partial charge in [-0.2, -0.15) is 0 Å². The number of nitrogens with zero attached hydrogens (tertiary/aromatic N) is 1. The molecule has 0 spiro atoms. The first-order valence-corrected chi connectivity index (χ1v) is 9.52. The average molecular weight is 351 g/mol. The second-order valence-electron chi connectivity index (χ2n) is 7.19. The molecule has 0 bridgehead atoms. The molecule has 26 heavy (non-hydrogen) atoms. The van der Waals surface area contributed by atoms with Crippen LogP contribution in [0.5, 0.6) is 0 Å². The fraction of sp³-hybridized carbons (Fsp3) is 0.409. The third-order valence-corrected chi connectivity index (χ3v) is 5.36. The van der Waals surface area contributed by atoms with Crippen molar-refractivity contribution in [2.24, 2.45) is 5.73 Å². The average Bonchev–Trinajstić information content (AvgIpc) is 2.69. The molecule has 1 aliphatic rings. The van der Waals surface area contributed by atoms with Crippen LogP contribution >= 0.6 is 0 Å². The van der Waals surface area contributed by atoms with Crippen molar-refractivity contribution >= 4 is 5.91 Å². The van der Waals surface area contributed by atoms with Gasteiger partial charge in [0.1, 0.15) is 0 Å². The van der Waals surface area contributed by atoms with E-state index in [1.54, 1.807) is 0 Å². The molecule has 0 saturated carbocycles. The van der Waals surface area contributed by atoms with Gasteiger partial charge in [-0.15, -0.1) is 0 Å². The summed E-state index contributed by atoms with van der Waals surface area (Å²) in [7, 11) is 0. The van der Waals surface area contributed by atoms with Gasteiger partial charge in [-0.1, -0.05) is 60.7 Å². The summed E-state index contributed by atoms with van der Waals surface area (Å²) in [6.07, 6.45) is 2.32. The van der Waals surface area contributed by atoms with E-state index in [1.165, 1.54) is 5.56 Å². The second kappa shape index (κ2) is 8.97. The van der Waals surface area contributed by atoms with Gasteiger partial charge in [0, 0.05) is 37.6 Å². The lowest BCUT2D eigenvalue weighted by molar-refractivity contribution is -0.122. The quantitative estimate of drug-likeness (QED) is 0.838. The third kappa shape index (κ3) is 4.93. The number of hydrogen-bond acceptors (Lipinski definition) is 3. The molecule has 2 aromatic carbocycles. The Labute approximate surface area is 156 Å². The summed E-state index contributed by atoms with van der Waals surface area (Å²) >= 11 is 0. The van der Waals surface area contributed by atoms with Crippen LogP contribution in [-0.4, -0.2) is 29.9 Å². The summed E-state index contributed by atoms with van der Waals surface area (Å²) in [6.45, 7) is 4.27. The van der Waals surface area contributed by atoms with Gasteiger partial charge in [-0.05, 0) is 30.9 Å². The Hall–Kier alpha value is -2.17. The van der Waals surface area contributed by atoms with Gasteiger partial charge in [-0.3, -0.25) is 9.69 Å². The van der Waals surface area contributed by atoms with E-state index >= 15 is 0 Å². The Morgan fingerprint density at radius 3 is 2.15 bits per heavy atom. The van der Waals surface area contributed by atoms with Crippen LogP contribution in [0.2, 0.25) is 0 Å². The fourth-order valence-corrected chi connectivity index (χ4v) is 3.68. The van der Waals surface area contributed by atoms with Crippen molar-refractivity contribution < 1.29 is 4.79 Å². The van der Waals surface area contributed by atoms with Crippen molar-refractivity contribution in [3.8, 4) is 0 Å². The molecule has 0 radical (unpaired) electrons.